The molecule has 0 atom stereocenters. The fraction of sp³-hybridized carbons (Fsp3) is 0.0227. The summed E-state index contributed by atoms with van der Waals surface area (Å²) in [4.78, 5) is 2.49. The second kappa shape index (κ2) is 10.2. The molecule has 0 saturated heterocycles. The fourth-order valence-corrected chi connectivity index (χ4v) is 7.72. The van der Waals surface area contributed by atoms with Crippen molar-refractivity contribution in [2.45, 2.75) is 6.54 Å². The SMILES string of the molecule is c1ccc(N2Cc3cccc4c3c3c2cc(-c2ccc5c6ccccc6n(-c6ccccc6)c5c2)cc3c[n+]4-c2ccccc2)cc1. The minimum Gasteiger partial charge on any atom is -0.336 e. The van der Waals surface area contributed by atoms with Gasteiger partial charge in [-0.25, -0.2) is 0 Å². The molecule has 3 heterocycles. The minimum absolute atomic E-state index is 0.812. The molecule has 10 rings (SSSR count). The van der Waals surface area contributed by atoms with Gasteiger partial charge in [0.05, 0.1) is 22.1 Å². The molecule has 3 nitrogen and oxygen atoms in total. The quantitative estimate of drug-likeness (QED) is 0.145. The van der Waals surface area contributed by atoms with Crippen molar-refractivity contribution >= 4 is 54.9 Å². The van der Waals surface area contributed by atoms with Gasteiger partial charge < -0.3 is 9.47 Å². The average molecular weight is 601 g/mol. The Hall–Kier alpha value is -6.19. The highest BCUT2D eigenvalue weighted by molar-refractivity contribution is 6.16. The largest absolute Gasteiger partial charge is 0.336 e. The summed E-state index contributed by atoms with van der Waals surface area (Å²) in [6, 6.07) is 59.5. The number of pyridine rings is 1. The van der Waals surface area contributed by atoms with E-state index < -0.39 is 0 Å². The number of anilines is 2. The van der Waals surface area contributed by atoms with E-state index in [0.717, 1.165) is 12.2 Å². The Bertz CT molecular complexity index is 2640. The molecule has 0 saturated carbocycles. The van der Waals surface area contributed by atoms with Crippen LogP contribution in [-0.2, 0) is 6.54 Å². The third-order valence-corrected chi connectivity index (χ3v) is 9.80. The van der Waals surface area contributed by atoms with Gasteiger partial charge in [0.2, 0.25) is 11.2 Å². The van der Waals surface area contributed by atoms with E-state index in [2.05, 4.69) is 184 Å². The second-order valence-corrected chi connectivity index (χ2v) is 12.4. The summed E-state index contributed by atoms with van der Waals surface area (Å²) in [5.74, 6) is 0. The van der Waals surface area contributed by atoms with Crippen LogP contribution in [0.3, 0.4) is 0 Å². The summed E-state index contributed by atoms with van der Waals surface area (Å²) in [5.41, 5.74) is 12.2. The number of fused-ring (bicyclic) bond motifs is 3. The zero-order valence-electron chi connectivity index (χ0n) is 25.7. The summed E-state index contributed by atoms with van der Waals surface area (Å²) in [7, 11) is 0. The Morgan fingerprint density at radius 3 is 2.00 bits per heavy atom. The van der Waals surface area contributed by atoms with Crippen molar-refractivity contribution in [1.82, 2.24) is 4.57 Å². The van der Waals surface area contributed by atoms with Gasteiger partial charge in [-0.05, 0) is 65.2 Å². The van der Waals surface area contributed by atoms with E-state index in [0.29, 0.717) is 0 Å². The number of nitrogens with zero attached hydrogens (tertiary/aromatic N) is 3. The van der Waals surface area contributed by atoms with Crippen LogP contribution in [-0.4, -0.2) is 4.57 Å². The first-order chi connectivity index (χ1) is 23.3. The molecule has 2 aromatic heterocycles. The molecule has 220 valence electrons. The number of benzene rings is 7. The maximum absolute atomic E-state index is 2.49. The Kier molecular flexibility index (Phi) is 5.64. The second-order valence-electron chi connectivity index (χ2n) is 12.4. The lowest BCUT2D eigenvalue weighted by atomic mass is 9.91. The molecular weight excluding hydrogens is 571 g/mol. The van der Waals surface area contributed by atoms with Gasteiger partial charge in [0.25, 0.3) is 0 Å². The molecule has 0 amide bonds. The maximum atomic E-state index is 2.49. The normalized spacial score (nSPS) is 12.6. The van der Waals surface area contributed by atoms with Crippen LogP contribution >= 0.6 is 0 Å². The predicted molar refractivity (Wildman–Crippen MR) is 195 cm³/mol. The van der Waals surface area contributed by atoms with Crippen molar-refractivity contribution in [2.75, 3.05) is 4.90 Å². The molecule has 7 aromatic carbocycles. The Labute approximate surface area is 272 Å². The van der Waals surface area contributed by atoms with Crippen molar-refractivity contribution in [3.63, 3.8) is 0 Å². The van der Waals surface area contributed by atoms with Crippen LogP contribution in [0.25, 0.3) is 66.0 Å². The lowest BCUT2D eigenvalue weighted by Crippen LogP contribution is -2.32. The van der Waals surface area contributed by atoms with E-state index in [-0.39, 0.29) is 0 Å². The van der Waals surface area contributed by atoms with Crippen LogP contribution in [0.15, 0.2) is 170 Å². The molecule has 9 aromatic rings. The lowest BCUT2D eigenvalue weighted by molar-refractivity contribution is -0.565. The first-order valence-electron chi connectivity index (χ1n) is 16.2. The Morgan fingerprint density at radius 2 is 1.19 bits per heavy atom. The number of hydrogen-bond donors (Lipinski definition) is 0. The zero-order valence-corrected chi connectivity index (χ0v) is 25.7. The molecule has 0 fully saturated rings. The summed E-state index contributed by atoms with van der Waals surface area (Å²) in [6.45, 7) is 0.812. The van der Waals surface area contributed by atoms with Crippen molar-refractivity contribution in [3.8, 4) is 22.5 Å². The van der Waals surface area contributed by atoms with Crippen molar-refractivity contribution in [3.05, 3.63) is 176 Å². The van der Waals surface area contributed by atoms with Crippen molar-refractivity contribution in [2.24, 2.45) is 0 Å². The van der Waals surface area contributed by atoms with Crippen LogP contribution in [0.2, 0.25) is 0 Å². The molecule has 0 spiro atoms. The Morgan fingerprint density at radius 1 is 0.489 bits per heavy atom. The number of rotatable bonds is 4. The Balaban J connectivity index is 1.28. The molecule has 0 unspecified atom stereocenters. The van der Waals surface area contributed by atoms with Crippen molar-refractivity contribution in [1.29, 1.82) is 0 Å². The molecule has 1 aliphatic heterocycles. The van der Waals surface area contributed by atoms with Gasteiger partial charge in [0, 0.05) is 57.7 Å². The highest BCUT2D eigenvalue weighted by atomic mass is 15.1. The van der Waals surface area contributed by atoms with Gasteiger partial charge in [-0.3, -0.25) is 0 Å². The maximum Gasteiger partial charge on any atom is 0.219 e. The lowest BCUT2D eigenvalue weighted by Gasteiger charge is -2.31. The number of para-hydroxylation sites is 4. The van der Waals surface area contributed by atoms with E-state index in [1.165, 1.54) is 77.2 Å². The summed E-state index contributed by atoms with van der Waals surface area (Å²) < 4.78 is 4.77. The van der Waals surface area contributed by atoms with Crippen LogP contribution in [0.4, 0.5) is 11.4 Å². The standard InChI is InChI=1S/C44H30N3/c1-4-14-34(15-5-1)45-29-33-25-32(27-42-44(33)43-31(13-12-22-40(43)45)28-46(42)35-16-6-2-7-17-35)30-23-24-38-37-20-10-11-21-39(37)47(41(38)26-30)36-18-8-3-9-19-36/h1-27,29H,28H2/q+1. The number of aromatic nitrogens is 2. The van der Waals surface area contributed by atoms with Crippen LogP contribution < -0.4 is 9.47 Å². The molecule has 0 aliphatic carbocycles. The molecular formula is C44H30N3+. The van der Waals surface area contributed by atoms with Gasteiger partial charge in [0.1, 0.15) is 0 Å². The molecule has 1 aliphatic rings. The highest BCUT2D eigenvalue weighted by Gasteiger charge is 2.28. The molecule has 0 bridgehead atoms. The van der Waals surface area contributed by atoms with Crippen molar-refractivity contribution < 1.29 is 4.57 Å². The van der Waals surface area contributed by atoms with Crippen LogP contribution in [0.5, 0.6) is 0 Å². The fourth-order valence-electron chi connectivity index (χ4n) is 7.72. The highest BCUT2D eigenvalue weighted by Crippen LogP contribution is 2.45. The number of hydrogen-bond acceptors (Lipinski definition) is 1. The summed E-state index contributed by atoms with van der Waals surface area (Å²) in [6.07, 6.45) is 2.33. The molecule has 47 heavy (non-hydrogen) atoms. The van der Waals surface area contributed by atoms with E-state index in [9.17, 15) is 0 Å². The third-order valence-electron chi connectivity index (χ3n) is 9.80. The van der Waals surface area contributed by atoms with E-state index >= 15 is 0 Å². The third kappa shape index (κ3) is 3.96. The first-order valence-corrected chi connectivity index (χ1v) is 16.2. The summed E-state index contributed by atoms with van der Waals surface area (Å²) >= 11 is 0. The van der Waals surface area contributed by atoms with Gasteiger partial charge in [0.15, 0.2) is 6.20 Å². The topological polar surface area (TPSA) is 12.1 Å². The average Bonchev–Trinajstić information content (AvgIpc) is 3.48. The van der Waals surface area contributed by atoms with E-state index in [1.54, 1.807) is 0 Å². The molecule has 0 N–H and O–H groups in total. The molecule has 0 radical (unpaired) electrons. The van der Waals surface area contributed by atoms with Gasteiger partial charge >= 0.3 is 0 Å². The van der Waals surface area contributed by atoms with Crippen LogP contribution in [0.1, 0.15) is 5.56 Å². The van der Waals surface area contributed by atoms with Gasteiger partial charge in [-0.1, -0.05) is 97.1 Å². The predicted octanol–water partition coefficient (Wildman–Crippen LogP) is 10.7. The van der Waals surface area contributed by atoms with E-state index in [4.69, 9.17) is 0 Å². The van der Waals surface area contributed by atoms with Gasteiger partial charge in [-0.15, -0.1) is 0 Å². The van der Waals surface area contributed by atoms with E-state index in [1.807, 2.05) is 0 Å². The monoisotopic (exact) mass is 600 g/mol. The first kappa shape index (κ1) is 26.1. The minimum atomic E-state index is 0.812. The van der Waals surface area contributed by atoms with Gasteiger partial charge in [-0.2, -0.15) is 4.57 Å². The smallest absolute Gasteiger partial charge is 0.219 e. The molecule has 3 heteroatoms. The zero-order chi connectivity index (χ0) is 30.9. The summed E-state index contributed by atoms with van der Waals surface area (Å²) in [5, 5.41) is 6.40. The van der Waals surface area contributed by atoms with Crippen LogP contribution in [0, 0.1) is 0 Å².